The van der Waals surface area contributed by atoms with Crippen molar-refractivity contribution >= 4 is 11.9 Å². The van der Waals surface area contributed by atoms with E-state index in [1.807, 2.05) is 19.1 Å². The minimum absolute atomic E-state index is 0.0853. The van der Waals surface area contributed by atoms with Gasteiger partial charge in [-0.15, -0.1) is 0 Å². The first-order valence-corrected chi connectivity index (χ1v) is 7.35. The number of rotatable bonds is 7. The molecular formula is C19H20O4. The molecule has 0 N–H and O–H groups in total. The van der Waals surface area contributed by atoms with Gasteiger partial charge in [-0.25, -0.2) is 0 Å². The summed E-state index contributed by atoms with van der Waals surface area (Å²) in [6, 6.07) is 12.5. The van der Waals surface area contributed by atoms with Gasteiger partial charge in [0.2, 0.25) is 0 Å². The minimum Gasteiger partial charge on any atom is -0.497 e. The van der Waals surface area contributed by atoms with Crippen molar-refractivity contribution in [3.05, 3.63) is 59.7 Å². The van der Waals surface area contributed by atoms with Crippen LogP contribution in [0.25, 0.3) is 6.08 Å². The van der Waals surface area contributed by atoms with Crippen LogP contribution in [0.2, 0.25) is 0 Å². The summed E-state index contributed by atoms with van der Waals surface area (Å²) in [7, 11) is 3.19. The largest absolute Gasteiger partial charge is 0.497 e. The van der Waals surface area contributed by atoms with E-state index >= 15 is 0 Å². The number of carbonyl (C=O) groups is 1. The molecule has 4 nitrogen and oxygen atoms in total. The Kier molecular flexibility index (Phi) is 5.80. The van der Waals surface area contributed by atoms with Crippen molar-refractivity contribution in [2.45, 2.75) is 6.92 Å². The van der Waals surface area contributed by atoms with Crippen LogP contribution in [0.1, 0.15) is 22.8 Å². The summed E-state index contributed by atoms with van der Waals surface area (Å²) in [6.07, 6.45) is 3.24. The lowest BCUT2D eigenvalue weighted by Gasteiger charge is -2.07. The third kappa shape index (κ3) is 4.36. The fourth-order valence-electron chi connectivity index (χ4n) is 2.11. The highest BCUT2D eigenvalue weighted by Crippen LogP contribution is 2.25. The van der Waals surface area contributed by atoms with Crippen molar-refractivity contribution in [2.24, 2.45) is 0 Å². The van der Waals surface area contributed by atoms with Crippen LogP contribution in [-0.4, -0.2) is 26.6 Å². The number of ketones is 1. The first kappa shape index (κ1) is 16.6. The van der Waals surface area contributed by atoms with Crippen LogP contribution in [-0.2, 0) is 0 Å². The monoisotopic (exact) mass is 312 g/mol. The zero-order chi connectivity index (χ0) is 16.7. The molecule has 0 bridgehead atoms. The van der Waals surface area contributed by atoms with Gasteiger partial charge in [0.1, 0.15) is 17.2 Å². The molecule has 0 unspecified atom stereocenters. The van der Waals surface area contributed by atoms with E-state index in [1.165, 1.54) is 6.08 Å². The number of benzene rings is 2. The lowest BCUT2D eigenvalue weighted by atomic mass is 10.1. The number of ether oxygens (including phenoxy) is 3. The van der Waals surface area contributed by atoms with Crippen molar-refractivity contribution in [3.8, 4) is 17.2 Å². The maximum atomic E-state index is 12.2. The molecule has 0 atom stereocenters. The number of methoxy groups -OCH3 is 2. The van der Waals surface area contributed by atoms with E-state index in [4.69, 9.17) is 14.2 Å². The van der Waals surface area contributed by atoms with Gasteiger partial charge >= 0.3 is 0 Å². The first-order valence-electron chi connectivity index (χ1n) is 7.35. The van der Waals surface area contributed by atoms with Crippen LogP contribution in [0, 0.1) is 0 Å². The van der Waals surface area contributed by atoms with Crippen molar-refractivity contribution in [1.29, 1.82) is 0 Å². The smallest absolute Gasteiger partial charge is 0.185 e. The van der Waals surface area contributed by atoms with E-state index in [-0.39, 0.29) is 5.78 Å². The van der Waals surface area contributed by atoms with Crippen LogP contribution in [0.15, 0.2) is 48.5 Å². The Morgan fingerprint density at radius 1 is 1.00 bits per heavy atom. The van der Waals surface area contributed by atoms with E-state index in [2.05, 4.69) is 0 Å². The highest BCUT2D eigenvalue weighted by Gasteiger charge is 2.05. The molecule has 0 heterocycles. The second kappa shape index (κ2) is 8.03. The average Bonchev–Trinajstić information content (AvgIpc) is 2.60. The van der Waals surface area contributed by atoms with Gasteiger partial charge < -0.3 is 14.2 Å². The van der Waals surface area contributed by atoms with Gasteiger partial charge in [0.15, 0.2) is 5.78 Å². The fourth-order valence-corrected chi connectivity index (χ4v) is 2.11. The zero-order valence-electron chi connectivity index (χ0n) is 13.5. The Morgan fingerprint density at radius 3 is 2.30 bits per heavy atom. The SMILES string of the molecule is CCOc1ccc(C(=O)/C=C/c2cc(OC)ccc2OC)cc1. The Hall–Kier alpha value is -2.75. The molecule has 0 radical (unpaired) electrons. The summed E-state index contributed by atoms with van der Waals surface area (Å²) in [6.45, 7) is 2.52. The molecule has 0 aromatic heterocycles. The predicted molar refractivity (Wildman–Crippen MR) is 90.5 cm³/mol. The molecule has 0 aliphatic rings. The Labute approximate surface area is 136 Å². The van der Waals surface area contributed by atoms with Gasteiger partial charge in [-0.05, 0) is 61.5 Å². The first-order chi connectivity index (χ1) is 11.2. The van der Waals surface area contributed by atoms with Gasteiger partial charge in [0, 0.05) is 11.1 Å². The molecule has 120 valence electrons. The summed E-state index contributed by atoms with van der Waals surface area (Å²) in [5, 5.41) is 0. The molecule has 4 heteroatoms. The maximum absolute atomic E-state index is 12.2. The van der Waals surface area contributed by atoms with E-state index in [0.29, 0.717) is 23.7 Å². The van der Waals surface area contributed by atoms with E-state index in [9.17, 15) is 4.79 Å². The molecule has 2 aromatic rings. The molecule has 23 heavy (non-hydrogen) atoms. The fraction of sp³-hybridized carbons (Fsp3) is 0.211. The van der Waals surface area contributed by atoms with Crippen LogP contribution in [0.4, 0.5) is 0 Å². The van der Waals surface area contributed by atoms with E-state index < -0.39 is 0 Å². The number of carbonyl (C=O) groups excluding carboxylic acids is 1. The second-order valence-electron chi connectivity index (χ2n) is 4.76. The molecule has 0 aliphatic carbocycles. The topological polar surface area (TPSA) is 44.8 Å². The standard InChI is InChI=1S/C19H20O4/c1-4-23-16-8-5-14(6-9-16)18(20)11-7-15-13-17(21-2)10-12-19(15)22-3/h5-13H,4H2,1-3H3/b11-7+. The van der Waals surface area contributed by atoms with Crippen molar-refractivity contribution in [2.75, 3.05) is 20.8 Å². The number of hydrogen-bond acceptors (Lipinski definition) is 4. The van der Waals surface area contributed by atoms with Crippen molar-refractivity contribution in [1.82, 2.24) is 0 Å². The van der Waals surface area contributed by atoms with Gasteiger partial charge in [0.25, 0.3) is 0 Å². The predicted octanol–water partition coefficient (Wildman–Crippen LogP) is 4.00. The van der Waals surface area contributed by atoms with Crippen LogP contribution in [0.3, 0.4) is 0 Å². The van der Waals surface area contributed by atoms with Crippen LogP contribution < -0.4 is 14.2 Å². The highest BCUT2D eigenvalue weighted by atomic mass is 16.5. The third-order valence-electron chi connectivity index (χ3n) is 3.30. The Morgan fingerprint density at radius 2 is 1.70 bits per heavy atom. The van der Waals surface area contributed by atoms with Crippen LogP contribution >= 0.6 is 0 Å². The molecular weight excluding hydrogens is 292 g/mol. The summed E-state index contributed by atoms with van der Waals surface area (Å²) < 4.78 is 15.9. The Balaban J connectivity index is 2.17. The van der Waals surface area contributed by atoms with Gasteiger partial charge in [0.05, 0.1) is 20.8 Å². The summed E-state index contributed by atoms with van der Waals surface area (Å²) >= 11 is 0. The minimum atomic E-state index is -0.0853. The summed E-state index contributed by atoms with van der Waals surface area (Å²) in [5.74, 6) is 2.06. The van der Waals surface area contributed by atoms with E-state index in [0.717, 1.165) is 11.3 Å². The lowest BCUT2D eigenvalue weighted by Crippen LogP contribution is -1.96. The van der Waals surface area contributed by atoms with Crippen molar-refractivity contribution < 1.29 is 19.0 Å². The number of hydrogen-bond donors (Lipinski definition) is 0. The molecule has 0 spiro atoms. The Bertz CT molecular complexity index is 687. The molecule has 0 amide bonds. The van der Waals surface area contributed by atoms with Gasteiger partial charge in [-0.1, -0.05) is 0 Å². The second-order valence-corrected chi connectivity index (χ2v) is 4.76. The van der Waals surface area contributed by atoms with Crippen LogP contribution in [0.5, 0.6) is 17.2 Å². The van der Waals surface area contributed by atoms with Gasteiger partial charge in [-0.3, -0.25) is 4.79 Å². The summed E-state index contributed by atoms with van der Waals surface area (Å²) in [4.78, 5) is 12.2. The quantitative estimate of drug-likeness (QED) is 0.572. The maximum Gasteiger partial charge on any atom is 0.185 e. The lowest BCUT2D eigenvalue weighted by molar-refractivity contribution is 0.104. The van der Waals surface area contributed by atoms with Crippen molar-refractivity contribution in [3.63, 3.8) is 0 Å². The normalized spacial score (nSPS) is 10.6. The number of allylic oxidation sites excluding steroid dienone is 1. The summed E-state index contributed by atoms with van der Waals surface area (Å²) in [5.41, 5.74) is 1.39. The molecule has 0 saturated heterocycles. The average molecular weight is 312 g/mol. The molecule has 2 rings (SSSR count). The third-order valence-corrected chi connectivity index (χ3v) is 3.30. The zero-order valence-corrected chi connectivity index (χ0v) is 13.5. The molecule has 2 aromatic carbocycles. The molecule has 0 saturated carbocycles. The molecule has 0 aliphatic heterocycles. The molecule has 0 fully saturated rings. The highest BCUT2D eigenvalue weighted by molar-refractivity contribution is 6.07. The van der Waals surface area contributed by atoms with E-state index in [1.54, 1.807) is 50.6 Å². The van der Waals surface area contributed by atoms with Gasteiger partial charge in [-0.2, -0.15) is 0 Å².